The second-order valence-electron chi connectivity index (χ2n) is 4.34. The topological polar surface area (TPSA) is 67.1 Å². The molecule has 0 aliphatic heterocycles. The van der Waals surface area contributed by atoms with Crippen molar-refractivity contribution in [3.05, 3.63) is 48.7 Å². The van der Waals surface area contributed by atoms with E-state index >= 15 is 0 Å². The van der Waals surface area contributed by atoms with E-state index in [-0.39, 0.29) is 0 Å². The number of nitrogens with zero attached hydrogens (tertiary/aromatic N) is 4. The minimum atomic E-state index is 0.617. The summed E-state index contributed by atoms with van der Waals surface area (Å²) in [4.78, 5) is 13.2. The monoisotopic (exact) mass is 268 g/mol. The zero-order valence-electron chi connectivity index (χ0n) is 11.2. The average Bonchev–Trinajstić information content (AvgIpc) is 2.95. The Hall–Kier alpha value is -2.63. The van der Waals surface area contributed by atoms with Gasteiger partial charge in [-0.25, -0.2) is 9.97 Å². The Morgan fingerprint density at radius 1 is 1.15 bits per heavy atom. The van der Waals surface area contributed by atoms with Crippen molar-refractivity contribution >= 4 is 17.3 Å². The molecule has 0 spiro atoms. The lowest BCUT2D eigenvalue weighted by Crippen LogP contribution is -2.08. The normalized spacial score (nSPS) is 10.7. The lowest BCUT2D eigenvalue weighted by Gasteiger charge is -2.09. The molecule has 0 amide bonds. The van der Waals surface area contributed by atoms with Gasteiger partial charge in [0.25, 0.3) is 0 Å². The van der Waals surface area contributed by atoms with Crippen molar-refractivity contribution in [2.75, 3.05) is 17.2 Å². The van der Waals surface area contributed by atoms with Crippen LogP contribution in [0.3, 0.4) is 0 Å². The highest BCUT2D eigenvalue weighted by Gasteiger charge is 2.07. The smallest absolute Gasteiger partial charge is 0.180 e. The molecular formula is C14H16N6. The maximum Gasteiger partial charge on any atom is 0.180 e. The van der Waals surface area contributed by atoms with Crippen LogP contribution >= 0.6 is 0 Å². The summed E-state index contributed by atoms with van der Waals surface area (Å²) in [7, 11) is 0. The molecule has 0 atom stereocenters. The average molecular weight is 268 g/mol. The van der Waals surface area contributed by atoms with E-state index in [1.807, 2.05) is 41.9 Å². The highest BCUT2D eigenvalue weighted by Crippen LogP contribution is 2.16. The van der Waals surface area contributed by atoms with E-state index in [4.69, 9.17) is 0 Å². The van der Waals surface area contributed by atoms with Crippen LogP contribution < -0.4 is 10.6 Å². The number of fused-ring (bicyclic) bond motifs is 1. The SMILES string of the molecule is CCNc1cn2ccnc2c(NCc2ccccn2)n1. The van der Waals surface area contributed by atoms with Gasteiger partial charge in [0.15, 0.2) is 11.5 Å². The second-order valence-corrected chi connectivity index (χ2v) is 4.34. The van der Waals surface area contributed by atoms with Gasteiger partial charge in [-0.2, -0.15) is 0 Å². The van der Waals surface area contributed by atoms with Crippen molar-refractivity contribution < 1.29 is 0 Å². The molecule has 0 aliphatic rings. The fraction of sp³-hybridized carbons (Fsp3) is 0.214. The third kappa shape index (κ3) is 2.54. The summed E-state index contributed by atoms with van der Waals surface area (Å²) in [6, 6.07) is 5.85. The Labute approximate surface area is 116 Å². The fourth-order valence-electron chi connectivity index (χ4n) is 1.99. The summed E-state index contributed by atoms with van der Waals surface area (Å²) in [5.74, 6) is 1.57. The Morgan fingerprint density at radius 2 is 2.10 bits per heavy atom. The van der Waals surface area contributed by atoms with Gasteiger partial charge in [0.05, 0.1) is 18.4 Å². The van der Waals surface area contributed by atoms with Crippen LogP contribution in [0, 0.1) is 0 Å². The highest BCUT2D eigenvalue weighted by atomic mass is 15.1. The molecule has 102 valence electrons. The number of aromatic nitrogens is 4. The van der Waals surface area contributed by atoms with Crippen LogP contribution in [0.1, 0.15) is 12.6 Å². The molecule has 0 saturated carbocycles. The summed E-state index contributed by atoms with van der Waals surface area (Å²) in [6.45, 7) is 3.49. The van der Waals surface area contributed by atoms with Gasteiger partial charge in [0, 0.05) is 25.1 Å². The molecule has 0 unspecified atom stereocenters. The van der Waals surface area contributed by atoms with Crippen LogP contribution in [0.25, 0.3) is 5.65 Å². The van der Waals surface area contributed by atoms with Crippen molar-refractivity contribution in [2.24, 2.45) is 0 Å². The Kier molecular flexibility index (Phi) is 3.45. The van der Waals surface area contributed by atoms with Gasteiger partial charge in [-0.1, -0.05) is 6.07 Å². The number of imidazole rings is 1. The van der Waals surface area contributed by atoms with Gasteiger partial charge in [-0.05, 0) is 19.1 Å². The van der Waals surface area contributed by atoms with Gasteiger partial charge in [0.1, 0.15) is 5.82 Å². The van der Waals surface area contributed by atoms with Crippen molar-refractivity contribution in [1.29, 1.82) is 0 Å². The summed E-state index contributed by atoms with van der Waals surface area (Å²) < 4.78 is 1.95. The van der Waals surface area contributed by atoms with E-state index in [1.54, 1.807) is 12.4 Å². The van der Waals surface area contributed by atoms with Crippen LogP contribution in [0.15, 0.2) is 43.0 Å². The molecule has 20 heavy (non-hydrogen) atoms. The minimum Gasteiger partial charge on any atom is -0.369 e. The number of nitrogens with one attached hydrogen (secondary N) is 2. The maximum absolute atomic E-state index is 4.54. The van der Waals surface area contributed by atoms with Gasteiger partial charge < -0.3 is 15.0 Å². The van der Waals surface area contributed by atoms with E-state index < -0.39 is 0 Å². The maximum atomic E-state index is 4.54. The summed E-state index contributed by atoms with van der Waals surface area (Å²) >= 11 is 0. The molecule has 0 aromatic carbocycles. The zero-order valence-corrected chi connectivity index (χ0v) is 11.2. The molecule has 0 radical (unpaired) electrons. The van der Waals surface area contributed by atoms with Crippen LogP contribution in [-0.4, -0.2) is 25.9 Å². The molecule has 3 rings (SSSR count). The lowest BCUT2D eigenvalue weighted by molar-refractivity contribution is 1.01. The van der Waals surface area contributed by atoms with E-state index in [2.05, 4.69) is 25.6 Å². The van der Waals surface area contributed by atoms with E-state index in [0.717, 1.165) is 29.5 Å². The number of anilines is 2. The van der Waals surface area contributed by atoms with Crippen LogP contribution in [0.2, 0.25) is 0 Å². The fourth-order valence-corrected chi connectivity index (χ4v) is 1.99. The summed E-state index contributed by atoms with van der Waals surface area (Å²) in [5.41, 5.74) is 1.77. The molecule has 6 heteroatoms. The summed E-state index contributed by atoms with van der Waals surface area (Å²) in [5, 5.41) is 6.50. The van der Waals surface area contributed by atoms with Crippen molar-refractivity contribution in [2.45, 2.75) is 13.5 Å². The first-order valence-electron chi connectivity index (χ1n) is 6.58. The van der Waals surface area contributed by atoms with Crippen LogP contribution in [-0.2, 0) is 6.54 Å². The zero-order chi connectivity index (χ0) is 13.8. The molecule has 3 aromatic heterocycles. The van der Waals surface area contributed by atoms with Gasteiger partial charge in [-0.3, -0.25) is 4.98 Å². The molecule has 0 saturated heterocycles. The van der Waals surface area contributed by atoms with Crippen LogP contribution in [0.5, 0.6) is 0 Å². The number of pyridine rings is 1. The van der Waals surface area contributed by atoms with E-state index in [1.165, 1.54) is 0 Å². The third-order valence-electron chi connectivity index (χ3n) is 2.90. The Balaban J connectivity index is 1.87. The van der Waals surface area contributed by atoms with Gasteiger partial charge in [-0.15, -0.1) is 0 Å². The first-order chi connectivity index (χ1) is 9.86. The quantitative estimate of drug-likeness (QED) is 0.742. The number of rotatable bonds is 5. The highest BCUT2D eigenvalue weighted by molar-refractivity contribution is 5.65. The molecule has 6 nitrogen and oxygen atoms in total. The van der Waals surface area contributed by atoms with Gasteiger partial charge in [0.2, 0.25) is 0 Å². The second kappa shape index (κ2) is 5.56. The lowest BCUT2D eigenvalue weighted by atomic mass is 10.3. The van der Waals surface area contributed by atoms with Crippen molar-refractivity contribution in [3.8, 4) is 0 Å². The molecule has 2 N–H and O–H groups in total. The first-order valence-corrected chi connectivity index (χ1v) is 6.58. The third-order valence-corrected chi connectivity index (χ3v) is 2.90. The molecule has 0 aliphatic carbocycles. The van der Waals surface area contributed by atoms with Crippen LogP contribution in [0.4, 0.5) is 11.6 Å². The van der Waals surface area contributed by atoms with Crippen molar-refractivity contribution in [3.63, 3.8) is 0 Å². The number of hydrogen-bond acceptors (Lipinski definition) is 5. The molecule has 0 fully saturated rings. The predicted octanol–water partition coefficient (Wildman–Crippen LogP) is 2.17. The predicted molar refractivity (Wildman–Crippen MR) is 78.7 cm³/mol. The van der Waals surface area contributed by atoms with Crippen molar-refractivity contribution in [1.82, 2.24) is 19.4 Å². The molecule has 3 heterocycles. The first kappa shape index (κ1) is 12.4. The van der Waals surface area contributed by atoms with Gasteiger partial charge >= 0.3 is 0 Å². The Bertz CT molecular complexity index is 691. The molecular weight excluding hydrogens is 252 g/mol. The van der Waals surface area contributed by atoms with E-state index in [9.17, 15) is 0 Å². The minimum absolute atomic E-state index is 0.617. The largest absolute Gasteiger partial charge is 0.369 e. The number of hydrogen-bond donors (Lipinski definition) is 2. The van der Waals surface area contributed by atoms with E-state index in [0.29, 0.717) is 6.54 Å². The standard InChI is InChI=1S/C14H16N6/c1-2-15-12-10-20-8-7-17-14(20)13(19-12)18-9-11-5-3-4-6-16-11/h3-8,10,15H,2,9H2,1H3,(H,18,19). The Morgan fingerprint density at radius 3 is 2.90 bits per heavy atom. The summed E-state index contributed by atoms with van der Waals surface area (Å²) in [6.07, 6.45) is 7.38. The molecule has 3 aromatic rings. The molecule has 0 bridgehead atoms.